The molecule has 0 saturated carbocycles. The van der Waals surface area contributed by atoms with Crippen LogP contribution in [0.2, 0.25) is 0 Å². The molecular weight excluding hydrogens is 314 g/mol. The molecule has 0 unspecified atom stereocenters. The molecule has 0 aromatic heterocycles. The maximum atomic E-state index is 12.5. The highest BCUT2D eigenvalue weighted by Gasteiger charge is 2.38. The van der Waals surface area contributed by atoms with E-state index in [9.17, 15) is 9.59 Å². The molecule has 5 heteroatoms. The average molecular weight is 343 g/mol. The molecule has 1 heterocycles. The Hall–Kier alpha value is -1.88. The molecule has 0 bridgehead atoms. The summed E-state index contributed by atoms with van der Waals surface area (Å²) < 4.78 is 0. The van der Waals surface area contributed by atoms with E-state index in [1.54, 1.807) is 0 Å². The third-order valence-electron chi connectivity index (χ3n) is 5.61. The monoisotopic (exact) mass is 343 g/mol. The number of piperazine rings is 1. The molecule has 3 rings (SSSR count). The van der Waals surface area contributed by atoms with Crippen LogP contribution in [0.5, 0.6) is 0 Å². The fourth-order valence-corrected chi connectivity index (χ4v) is 3.84. The lowest BCUT2D eigenvalue weighted by Crippen LogP contribution is -2.60. The summed E-state index contributed by atoms with van der Waals surface area (Å²) in [6.07, 6.45) is 3.00. The van der Waals surface area contributed by atoms with E-state index in [0.29, 0.717) is 12.6 Å². The van der Waals surface area contributed by atoms with Crippen molar-refractivity contribution in [2.45, 2.75) is 64.1 Å². The van der Waals surface area contributed by atoms with Crippen molar-refractivity contribution in [3.63, 3.8) is 0 Å². The molecule has 1 aromatic rings. The van der Waals surface area contributed by atoms with Gasteiger partial charge in [0.25, 0.3) is 0 Å². The Morgan fingerprint density at radius 1 is 1.28 bits per heavy atom. The van der Waals surface area contributed by atoms with Gasteiger partial charge < -0.3 is 10.6 Å². The SMILES string of the molecule is CCC(C)(C)NC(=O)C[C@@H]1C(=O)NCCN1C1Cc2ccccc2C1. The largest absolute Gasteiger partial charge is 0.353 e. The van der Waals surface area contributed by atoms with E-state index in [1.165, 1.54) is 11.1 Å². The lowest BCUT2D eigenvalue weighted by atomic mass is 9.99. The number of nitrogens with zero attached hydrogens (tertiary/aromatic N) is 1. The van der Waals surface area contributed by atoms with E-state index in [0.717, 1.165) is 25.8 Å². The first kappa shape index (κ1) is 17.9. The quantitative estimate of drug-likeness (QED) is 0.855. The van der Waals surface area contributed by atoms with Crippen molar-refractivity contribution in [1.29, 1.82) is 0 Å². The minimum atomic E-state index is -0.374. The number of carbonyl (C=O) groups excluding carboxylic acids is 2. The van der Waals surface area contributed by atoms with Gasteiger partial charge in [0.05, 0.1) is 12.5 Å². The van der Waals surface area contributed by atoms with Crippen LogP contribution in [-0.2, 0) is 22.4 Å². The smallest absolute Gasteiger partial charge is 0.237 e. The summed E-state index contributed by atoms with van der Waals surface area (Å²) in [5.74, 6) is -0.0685. The molecule has 1 aliphatic heterocycles. The van der Waals surface area contributed by atoms with Crippen molar-refractivity contribution in [3.05, 3.63) is 35.4 Å². The zero-order chi connectivity index (χ0) is 18.0. The predicted molar refractivity (Wildman–Crippen MR) is 98.3 cm³/mol. The van der Waals surface area contributed by atoms with Gasteiger partial charge in [-0.25, -0.2) is 0 Å². The van der Waals surface area contributed by atoms with Crippen molar-refractivity contribution < 1.29 is 9.59 Å². The van der Waals surface area contributed by atoms with Crippen LogP contribution in [0.1, 0.15) is 44.7 Å². The average Bonchev–Trinajstić information content (AvgIpc) is 3.00. The molecule has 2 aliphatic rings. The van der Waals surface area contributed by atoms with Crippen LogP contribution in [0, 0.1) is 0 Å². The fraction of sp³-hybridized carbons (Fsp3) is 0.600. The molecule has 1 saturated heterocycles. The summed E-state index contributed by atoms with van der Waals surface area (Å²) in [6.45, 7) is 7.54. The lowest BCUT2D eigenvalue weighted by Gasteiger charge is -2.39. The van der Waals surface area contributed by atoms with E-state index in [4.69, 9.17) is 0 Å². The number of hydrogen-bond donors (Lipinski definition) is 2. The maximum absolute atomic E-state index is 12.5. The van der Waals surface area contributed by atoms with Gasteiger partial charge in [-0.1, -0.05) is 31.2 Å². The van der Waals surface area contributed by atoms with Gasteiger partial charge in [0.2, 0.25) is 11.8 Å². The van der Waals surface area contributed by atoms with E-state index < -0.39 is 0 Å². The molecule has 0 radical (unpaired) electrons. The van der Waals surface area contributed by atoms with Crippen molar-refractivity contribution in [3.8, 4) is 0 Å². The Labute approximate surface area is 150 Å². The van der Waals surface area contributed by atoms with Crippen LogP contribution in [-0.4, -0.2) is 47.4 Å². The molecule has 1 aromatic carbocycles. The van der Waals surface area contributed by atoms with Crippen LogP contribution >= 0.6 is 0 Å². The first-order chi connectivity index (χ1) is 11.9. The maximum Gasteiger partial charge on any atom is 0.237 e. The Bertz CT molecular complexity index is 631. The molecular formula is C20H29N3O2. The summed E-state index contributed by atoms with van der Waals surface area (Å²) in [4.78, 5) is 27.2. The van der Waals surface area contributed by atoms with Gasteiger partial charge in [0.1, 0.15) is 0 Å². The third kappa shape index (κ3) is 4.03. The number of carbonyl (C=O) groups is 2. The van der Waals surface area contributed by atoms with Crippen LogP contribution in [0.4, 0.5) is 0 Å². The number of rotatable bonds is 5. The molecule has 2 N–H and O–H groups in total. The van der Waals surface area contributed by atoms with Crippen LogP contribution in [0.15, 0.2) is 24.3 Å². The summed E-state index contributed by atoms with van der Waals surface area (Å²) in [7, 11) is 0. The first-order valence-corrected chi connectivity index (χ1v) is 9.31. The fourth-order valence-electron chi connectivity index (χ4n) is 3.84. The van der Waals surface area contributed by atoms with Crippen LogP contribution < -0.4 is 10.6 Å². The summed E-state index contributed by atoms with van der Waals surface area (Å²) >= 11 is 0. The number of benzene rings is 1. The summed E-state index contributed by atoms with van der Waals surface area (Å²) in [6, 6.07) is 8.42. The molecule has 136 valence electrons. The summed E-state index contributed by atoms with van der Waals surface area (Å²) in [5, 5.41) is 5.98. The van der Waals surface area contributed by atoms with Crippen LogP contribution in [0.25, 0.3) is 0 Å². The van der Waals surface area contributed by atoms with E-state index in [2.05, 4.69) is 46.7 Å². The minimum absolute atomic E-state index is 0.0216. The number of amides is 2. The molecule has 2 amide bonds. The number of fused-ring (bicyclic) bond motifs is 1. The zero-order valence-electron chi connectivity index (χ0n) is 15.5. The van der Waals surface area contributed by atoms with Crippen molar-refractivity contribution in [2.24, 2.45) is 0 Å². The van der Waals surface area contributed by atoms with Gasteiger partial charge >= 0.3 is 0 Å². The molecule has 0 spiro atoms. The van der Waals surface area contributed by atoms with Gasteiger partial charge in [-0.05, 0) is 44.2 Å². The molecule has 5 nitrogen and oxygen atoms in total. The Morgan fingerprint density at radius 2 is 1.92 bits per heavy atom. The van der Waals surface area contributed by atoms with Crippen molar-refractivity contribution in [1.82, 2.24) is 15.5 Å². The van der Waals surface area contributed by atoms with Gasteiger partial charge in [-0.15, -0.1) is 0 Å². The Morgan fingerprint density at radius 3 is 2.52 bits per heavy atom. The van der Waals surface area contributed by atoms with Crippen molar-refractivity contribution in [2.75, 3.05) is 13.1 Å². The zero-order valence-corrected chi connectivity index (χ0v) is 15.5. The normalized spacial score (nSPS) is 21.7. The van der Waals surface area contributed by atoms with Gasteiger partial charge in [0, 0.05) is 24.7 Å². The van der Waals surface area contributed by atoms with Gasteiger partial charge in [-0.2, -0.15) is 0 Å². The van der Waals surface area contributed by atoms with E-state index in [-0.39, 0.29) is 29.8 Å². The Balaban J connectivity index is 1.70. The lowest BCUT2D eigenvalue weighted by molar-refractivity contribution is -0.135. The second-order valence-corrected chi connectivity index (χ2v) is 7.87. The predicted octanol–water partition coefficient (Wildman–Crippen LogP) is 1.65. The minimum Gasteiger partial charge on any atom is -0.353 e. The molecule has 25 heavy (non-hydrogen) atoms. The first-order valence-electron chi connectivity index (χ1n) is 9.31. The topological polar surface area (TPSA) is 61.4 Å². The van der Waals surface area contributed by atoms with E-state index in [1.807, 2.05) is 13.8 Å². The summed E-state index contributed by atoms with van der Waals surface area (Å²) in [5.41, 5.74) is 2.50. The second-order valence-electron chi connectivity index (χ2n) is 7.87. The molecule has 1 aliphatic carbocycles. The molecule has 1 fully saturated rings. The highest BCUT2D eigenvalue weighted by atomic mass is 16.2. The van der Waals surface area contributed by atoms with E-state index >= 15 is 0 Å². The van der Waals surface area contributed by atoms with Crippen LogP contribution in [0.3, 0.4) is 0 Å². The van der Waals surface area contributed by atoms with Gasteiger partial charge in [0.15, 0.2) is 0 Å². The van der Waals surface area contributed by atoms with Crippen molar-refractivity contribution >= 4 is 11.8 Å². The van der Waals surface area contributed by atoms with Gasteiger partial charge in [-0.3, -0.25) is 14.5 Å². The number of hydrogen-bond acceptors (Lipinski definition) is 3. The number of nitrogens with one attached hydrogen (secondary N) is 2. The third-order valence-corrected chi connectivity index (χ3v) is 5.61. The highest BCUT2D eigenvalue weighted by molar-refractivity contribution is 5.89. The second kappa shape index (κ2) is 7.16. The Kier molecular flexibility index (Phi) is 5.13. The molecule has 1 atom stereocenters. The highest BCUT2D eigenvalue weighted by Crippen LogP contribution is 2.28. The standard InChI is InChI=1S/C20H29N3O2/c1-4-20(2,3)22-18(24)13-17-19(25)21-9-10-23(17)16-11-14-7-5-6-8-15(14)12-16/h5-8,16-17H,4,9-13H2,1-3H3,(H,21,25)(H,22,24)/t17-/m1/s1.